The lowest BCUT2D eigenvalue weighted by molar-refractivity contribution is -0.121. The molecule has 7 nitrogen and oxygen atoms in total. The van der Waals surface area contributed by atoms with E-state index < -0.39 is 16.3 Å². The molecule has 1 amide bonds. The summed E-state index contributed by atoms with van der Waals surface area (Å²) in [5.41, 5.74) is 2.55. The maximum atomic E-state index is 12.9. The summed E-state index contributed by atoms with van der Waals surface area (Å²) >= 11 is 9.14. The van der Waals surface area contributed by atoms with Crippen molar-refractivity contribution < 1.29 is 17.8 Å². The molecule has 34 heavy (non-hydrogen) atoms. The molecule has 1 atom stereocenters. The van der Waals surface area contributed by atoms with Gasteiger partial charge in [-0.1, -0.05) is 41.9 Å². The number of aromatic nitrogens is 1. The Morgan fingerprint density at radius 2 is 1.85 bits per heavy atom. The van der Waals surface area contributed by atoms with Crippen molar-refractivity contribution in [1.82, 2.24) is 10.3 Å². The molecule has 0 saturated carbocycles. The summed E-state index contributed by atoms with van der Waals surface area (Å²) in [6.45, 7) is 0. The minimum Gasteiger partial charge on any atom is -0.731 e. The molecule has 11 heteroatoms. The van der Waals surface area contributed by atoms with E-state index in [0.717, 1.165) is 26.7 Å². The highest BCUT2D eigenvalue weighted by Gasteiger charge is 2.20. The van der Waals surface area contributed by atoms with Gasteiger partial charge in [0.25, 0.3) is 0 Å². The van der Waals surface area contributed by atoms with Gasteiger partial charge in [-0.3, -0.25) is 9.52 Å². The molecule has 0 fully saturated rings. The van der Waals surface area contributed by atoms with Gasteiger partial charge in [0.1, 0.15) is 5.01 Å². The molecule has 0 saturated heterocycles. The molecule has 2 aromatic carbocycles. The lowest BCUT2D eigenvalue weighted by Crippen LogP contribution is -2.31. The summed E-state index contributed by atoms with van der Waals surface area (Å²) in [6.07, 6.45) is 0.600. The van der Waals surface area contributed by atoms with Crippen LogP contribution >= 0.6 is 34.3 Å². The average molecular weight is 533 g/mol. The Balaban J connectivity index is 1.54. The second-order valence-electron chi connectivity index (χ2n) is 7.44. The van der Waals surface area contributed by atoms with Gasteiger partial charge >= 0.3 is 0 Å². The molecule has 2 N–H and O–H groups in total. The first-order valence-corrected chi connectivity index (χ1v) is 13.7. The summed E-state index contributed by atoms with van der Waals surface area (Å²) in [4.78, 5) is 18.7. The Kier molecular flexibility index (Phi) is 7.64. The van der Waals surface area contributed by atoms with Crippen LogP contribution in [-0.2, 0) is 27.9 Å². The van der Waals surface area contributed by atoms with Crippen LogP contribution in [0, 0.1) is 0 Å². The van der Waals surface area contributed by atoms with Crippen LogP contribution in [0.25, 0.3) is 9.88 Å². The van der Waals surface area contributed by atoms with Crippen LogP contribution in [0.4, 0.5) is 5.69 Å². The van der Waals surface area contributed by atoms with E-state index in [1.54, 1.807) is 41.7 Å². The number of thiophene rings is 1. The number of nitrogens with zero attached hydrogens (tertiary/aromatic N) is 1. The van der Waals surface area contributed by atoms with Gasteiger partial charge < -0.3 is 9.87 Å². The fourth-order valence-corrected chi connectivity index (χ4v) is 5.68. The van der Waals surface area contributed by atoms with Crippen LogP contribution in [0.2, 0.25) is 5.02 Å². The third-order valence-corrected chi connectivity index (χ3v) is 7.46. The molecule has 0 radical (unpaired) electrons. The molecular formula is C23H19ClN3O4S3-. The van der Waals surface area contributed by atoms with Crippen molar-refractivity contribution in [2.75, 3.05) is 4.72 Å². The number of hydrogen-bond donors (Lipinski definition) is 2. The summed E-state index contributed by atoms with van der Waals surface area (Å²) in [5.74, 6) is -0.173. The maximum absolute atomic E-state index is 12.9. The van der Waals surface area contributed by atoms with Crippen LogP contribution in [0.3, 0.4) is 0 Å². The minimum atomic E-state index is -4.60. The Morgan fingerprint density at radius 3 is 2.53 bits per heavy atom. The molecule has 0 aliphatic rings. The van der Waals surface area contributed by atoms with E-state index in [9.17, 15) is 17.8 Å². The van der Waals surface area contributed by atoms with E-state index in [1.807, 2.05) is 33.7 Å². The first-order chi connectivity index (χ1) is 16.2. The minimum absolute atomic E-state index is 0.170. The maximum Gasteiger partial charge on any atom is 0.224 e. The average Bonchev–Trinajstić information content (AvgIpc) is 3.46. The molecular weight excluding hydrogens is 514 g/mol. The molecule has 0 bridgehead atoms. The summed E-state index contributed by atoms with van der Waals surface area (Å²) in [7, 11) is -4.60. The van der Waals surface area contributed by atoms with E-state index in [1.165, 1.54) is 23.5 Å². The predicted octanol–water partition coefficient (Wildman–Crippen LogP) is 5.04. The first-order valence-electron chi connectivity index (χ1n) is 10.1. The zero-order chi connectivity index (χ0) is 24.1. The number of benzene rings is 2. The van der Waals surface area contributed by atoms with Gasteiger partial charge in [0.05, 0.1) is 23.0 Å². The van der Waals surface area contributed by atoms with Crippen molar-refractivity contribution in [3.05, 3.63) is 93.3 Å². The highest BCUT2D eigenvalue weighted by Crippen LogP contribution is 2.31. The molecule has 2 aromatic heterocycles. The molecule has 2 heterocycles. The van der Waals surface area contributed by atoms with Crippen molar-refractivity contribution in [3.63, 3.8) is 0 Å². The molecule has 0 aliphatic carbocycles. The van der Waals surface area contributed by atoms with Crippen molar-refractivity contribution in [2.45, 2.75) is 18.9 Å². The van der Waals surface area contributed by atoms with Gasteiger partial charge in [-0.25, -0.2) is 13.4 Å². The molecule has 0 spiro atoms. The van der Waals surface area contributed by atoms with Crippen LogP contribution in [-0.4, -0.2) is 23.9 Å². The molecule has 0 unspecified atom stereocenters. The lowest BCUT2D eigenvalue weighted by atomic mass is 10.0. The van der Waals surface area contributed by atoms with Crippen molar-refractivity contribution in [3.8, 4) is 9.88 Å². The number of carbonyl (C=O) groups is 1. The number of rotatable bonds is 9. The summed E-state index contributed by atoms with van der Waals surface area (Å²) < 4.78 is 34.6. The number of thiazole rings is 1. The van der Waals surface area contributed by atoms with Gasteiger partial charge in [0.15, 0.2) is 10.3 Å². The zero-order valence-corrected chi connectivity index (χ0v) is 20.8. The Hall–Kier alpha value is -2.76. The topological polar surface area (TPSA) is 111 Å². The highest BCUT2D eigenvalue weighted by molar-refractivity contribution is 7.87. The predicted molar refractivity (Wildman–Crippen MR) is 135 cm³/mol. The number of halogens is 1. The first kappa shape index (κ1) is 24.4. The molecule has 4 rings (SSSR count). The van der Waals surface area contributed by atoms with E-state index >= 15 is 0 Å². The third-order valence-electron chi connectivity index (χ3n) is 4.84. The molecule has 0 aliphatic heterocycles. The SMILES string of the molecule is O=C(Cc1cccc(Cl)c1)N[C@@H](Cc1ccc(NS(=O)(=O)[O-])cc1)c1csc(-c2cccs2)n1. The second kappa shape index (κ2) is 10.7. The van der Waals surface area contributed by atoms with Crippen molar-refractivity contribution in [1.29, 1.82) is 0 Å². The van der Waals surface area contributed by atoms with Gasteiger partial charge in [0, 0.05) is 16.1 Å². The normalized spacial score (nSPS) is 12.3. The number of anilines is 1. The van der Waals surface area contributed by atoms with Gasteiger partial charge in [-0.2, -0.15) is 0 Å². The Labute approximate surface area is 210 Å². The largest absolute Gasteiger partial charge is 0.731 e. The van der Waals surface area contributed by atoms with Crippen LogP contribution in [0.1, 0.15) is 22.9 Å². The van der Waals surface area contributed by atoms with E-state index in [2.05, 4.69) is 5.32 Å². The summed E-state index contributed by atoms with van der Waals surface area (Å²) in [6, 6.07) is 17.1. The van der Waals surface area contributed by atoms with Crippen LogP contribution in [0.15, 0.2) is 71.4 Å². The highest BCUT2D eigenvalue weighted by atomic mass is 35.5. The van der Waals surface area contributed by atoms with Crippen LogP contribution in [0.5, 0.6) is 0 Å². The van der Waals surface area contributed by atoms with Crippen molar-refractivity contribution in [2.24, 2.45) is 0 Å². The smallest absolute Gasteiger partial charge is 0.224 e. The monoisotopic (exact) mass is 532 g/mol. The van der Waals surface area contributed by atoms with E-state index in [-0.39, 0.29) is 18.0 Å². The Bertz CT molecular complexity index is 1370. The van der Waals surface area contributed by atoms with Gasteiger partial charge in [-0.05, 0) is 53.3 Å². The van der Waals surface area contributed by atoms with Crippen molar-refractivity contribution >= 4 is 56.2 Å². The van der Waals surface area contributed by atoms with Gasteiger partial charge in [0.2, 0.25) is 5.91 Å². The number of amides is 1. The standard InChI is InChI=1S/C23H20ClN3O4S3/c24-17-4-1-3-16(11-17)13-22(28)25-19(20-14-33-23(26-20)21-5-2-10-32-21)12-15-6-8-18(9-7-15)27-34(29,30)31/h1-11,14,19,27H,12-13H2,(H,25,28)(H,29,30,31)/p-1/t19-/m0/s1. The van der Waals surface area contributed by atoms with Crippen LogP contribution < -0.4 is 10.0 Å². The Morgan fingerprint density at radius 1 is 1.06 bits per heavy atom. The second-order valence-corrected chi connectivity index (χ2v) is 10.8. The molecule has 176 valence electrons. The number of nitrogens with one attached hydrogen (secondary N) is 2. The number of carbonyl (C=O) groups excluding carboxylic acids is 1. The lowest BCUT2D eigenvalue weighted by Gasteiger charge is -2.18. The van der Waals surface area contributed by atoms with Gasteiger partial charge in [-0.15, -0.1) is 22.7 Å². The fourth-order valence-electron chi connectivity index (χ4n) is 3.36. The third kappa shape index (κ3) is 6.87. The van der Waals surface area contributed by atoms with E-state index in [0.29, 0.717) is 11.4 Å². The van der Waals surface area contributed by atoms with E-state index in [4.69, 9.17) is 16.6 Å². The quantitative estimate of drug-likeness (QED) is 0.293. The number of hydrogen-bond acceptors (Lipinski definition) is 7. The fraction of sp³-hybridized carbons (Fsp3) is 0.130. The molecule has 4 aromatic rings. The summed E-state index contributed by atoms with van der Waals surface area (Å²) in [5, 5.41) is 8.42. The zero-order valence-electron chi connectivity index (χ0n) is 17.6.